The van der Waals surface area contributed by atoms with Crippen LogP contribution in [0.5, 0.6) is 0 Å². The SMILES string of the molecule is CCOC(C)(C)CN1CC2(CCCCC2)NCC1CC. The van der Waals surface area contributed by atoms with E-state index in [9.17, 15) is 0 Å². The Kier molecular flexibility index (Phi) is 5.49. The summed E-state index contributed by atoms with van der Waals surface area (Å²) in [6.07, 6.45) is 8.15. The van der Waals surface area contributed by atoms with Gasteiger partial charge in [-0.15, -0.1) is 0 Å². The molecule has 1 spiro atoms. The molecule has 1 N–H and O–H groups in total. The maximum atomic E-state index is 5.94. The number of nitrogens with one attached hydrogen (secondary N) is 1. The fraction of sp³-hybridized carbons (Fsp3) is 1.00. The first-order valence-electron chi connectivity index (χ1n) is 8.63. The Bertz CT molecular complexity index is 297. The van der Waals surface area contributed by atoms with Crippen molar-refractivity contribution >= 4 is 0 Å². The van der Waals surface area contributed by atoms with Crippen molar-refractivity contribution in [1.29, 1.82) is 0 Å². The molecule has 0 aromatic heterocycles. The standard InChI is InChI=1S/C17H34N2O/c1-5-15-12-18-17(10-8-7-9-11-17)14-19(15)13-16(3,4)20-6-2/h15,18H,5-14H2,1-4H3. The molecule has 1 aliphatic heterocycles. The molecule has 118 valence electrons. The Morgan fingerprint density at radius 2 is 1.90 bits per heavy atom. The molecule has 3 nitrogen and oxygen atoms in total. The zero-order valence-corrected chi connectivity index (χ0v) is 14.0. The molecule has 0 amide bonds. The second kappa shape index (κ2) is 6.76. The number of hydrogen-bond donors (Lipinski definition) is 1. The summed E-state index contributed by atoms with van der Waals surface area (Å²) in [4.78, 5) is 2.71. The molecule has 3 heteroatoms. The van der Waals surface area contributed by atoms with Crippen LogP contribution < -0.4 is 5.32 Å². The van der Waals surface area contributed by atoms with Crippen LogP contribution in [-0.4, -0.2) is 48.3 Å². The van der Waals surface area contributed by atoms with Crippen LogP contribution in [0.2, 0.25) is 0 Å². The Balaban J connectivity index is 2.02. The highest BCUT2D eigenvalue weighted by molar-refractivity contribution is 5.00. The van der Waals surface area contributed by atoms with Gasteiger partial charge in [0.2, 0.25) is 0 Å². The predicted octanol–water partition coefficient (Wildman–Crippen LogP) is 3.19. The second-order valence-corrected chi connectivity index (χ2v) is 7.38. The first-order chi connectivity index (χ1) is 9.50. The fourth-order valence-electron chi connectivity index (χ4n) is 4.11. The largest absolute Gasteiger partial charge is 0.375 e. The summed E-state index contributed by atoms with van der Waals surface area (Å²) in [7, 11) is 0. The van der Waals surface area contributed by atoms with Crippen molar-refractivity contribution in [3.8, 4) is 0 Å². The highest BCUT2D eigenvalue weighted by atomic mass is 16.5. The van der Waals surface area contributed by atoms with Crippen molar-refractivity contribution in [2.75, 3.05) is 26.2 Å². The van der Waals surface area contributed by atoms with E-state index < -0.39 is 0 Å². The molecule has 2 aliphatic rings. The molecule has 1 aliphatic carbocycles. The minimum Gasteiger partial charge on any atom is -0.375 e. The number of piperazine rings is 1. The summed E-state index contributed by atoms with van der Waals surface area (Å²) < 4.78 is 5.94. The Morgan fingerprint density at radius 3 is 2.50 bits per heavy atom. The third-order valence-electron chi connectivity index (χ3n) is 5.14. The molecule has 1 unspecified atom stereocenters. The summed E-state index contributed by atoms with van der Waals surface area (Å²) in [5.41, 5.74) is 0.363. The van der Waals surface area contributed by atoms with E-state index >= 15 is 0 Å². The van der Waals surface area contributed by atoms with Crippen LogP contribution in [-0.2, 0) is 4.74 Å². The summed E-state index contributed by atoms with van der Waals surface area (Å²) in [6, 6.07) is 0.669. The predicted molar refractivity (Wildman–Crippen MR) is 85.2 cm³/mol. The lowest BCUT2D eigenvalue weighted by molar-refractivity contribution is -0.0593. The summed E-state index contributed by atoms with van der Waals surface area (Å²) in [5, 5.41) is 3.90. The Hall–Kier alpha value is -0.120. The average Bonchev–Trinajstić information content (AvgIpc) is 2.39. The molecule has 2 fully saturated rings. The minimum absolute atomic E-state index is 0.0324. The molecule has 1 saturated carbocycles. The van der Waals surface area contributed by atoms with Crippen molar-refractivity contribution in [1.82, 2.24) is 10.2 Å². The number of rotatable bonds is 5. The number of hydrogen-bond acceptors (Lipinski definition) is 3. The highest BCUT2D eigenvalue weighted by Gasteiger charge is 2.40. The van der Waals surface area contributed by atoms with E-state index in [1.54, 1.807) is 0 Å². The molecule has 0 bridgehead atoms. The van der Waals surface area contributed by atoms with Gasteiger partial charge in [0.15, 0.2) is 0 Å². The molecule has 2 rings (SSSR count). The minimum atomic E-state index is -0.0324. The zero-order valence-electron chi connectivity index (χ0n) is 14.0. The van der Waals surface area contributed by atoms with Crippen molar-refractivity contribution in [3.05, 3.63) is 0 Å². The van der Waals surface area contributed by atoms with Crippen molar-refractivity contribution < 1.29 is 4.74 Å². The lowest BCUT2D eigenvalue weighted by atomic mass is 9.79. The van der Waals surface area contributed by atoms with Gasteiger partial charge in [-0.1, -0.05) is 26.2 Å². The normalized spacial score (nSPS) is 27.9. The maximum absolute atomic E-state index is 5.94. The quantitative estimate of drug-likeness (QED) is 0.838. The van der Waals surface area contributed by atoms with Crippen molar-refractivity contribution in [2.24, 2.45) is 0 Å². The van der Waals surface area contributed by atoms with Crippen LogP contribution >= 0.6 is 0 Å². The third-order valence-corrected chi connectivity index (χ3v) is 5.14. The monoisotopic (exact) mass is 282 g/mol. The third kappa shape index (κ3) is 3.96. The Labute approximate surface area is 125 Å². The first-order valence-corrected chi connectivity index (χ1v) is 8.63. The van der Waals surface area contributed by atoms with E-state index in [1.807, 2.05) is 0 Å². The van der Waals surface area contributed by atoms with Gasteiger partial charge in [-0.2, -0.15) is 0 Å². The lowest BCUT2D eigenvalue weighted by Gasteiger charge is -2.51. The van der Waals surface area contributed by atoms with Gasteiger partial charge in [-0.25, -0.2) is 0 Å². The molecule has 1 atom stereocenters. The van der Waals surface area contributed by atoms with Gasteiger partial charge in [0, 0.05) is 37.8 Å². The molecular formula is C17H34N2O. The smallest absolute Gasteiger partial charge is 0.0752 e. The van der Waals surface area contributed by atoms with Crippen molar-refractivity contribution in [2.45, 2.75) is 83.4 Å². The summed E-state index contributed by atoms with van der Waals surface area (Å²) in [5.74, 6) is 0. The van der Waals surface area contributed by atoms with Gasteiger partial charge in [0.1, 0.15) is 0 Å². The van der Waals surface area contributed by atoms with Crippen LogP contribution in [0.1, 0.15) is 66.2 Å². The number of nitrogens with zero attached hydrogens (tertiary/aromatic N) is 1. The summed E-state index contributed by atoms with van der Waals surface area (Å²) in [6.45, 7) is 13.1. The van der Waals surface area contributed by atoms with E-state index in [1.165, 1.54) is 45.1 Å². The van der Waals surface area contributed by atoms with E-state index in [2.05, 4.69) is 37.9 Å². The molecule has 0 aromatic rings. The van der Waals surface area contributed by atoms with Crippen LogP contribution in [0.3, 0.4) is 0 Å². The van der Waals surface area contributed by atoms with E-state index in [-0.39, 0.29) is 5.60 Å². The van der Waals surface area contributed by atoms with E-state index in [0.717, 1.165) is 19.7 Å². The molecule has 1 saturated heterocycles. The zero-order chi connectivity index (χ0) is 14.6. The van der Waals surface area contributed by atoms with Crippen molar-refractivity contribution in [3.63, 3.8) is 0 Å². The lowest BCUT2D eigenvalue weighted by Crippen LogP contribution is -2.66. The molecule has 20 heavy (non-hydrogen) atoms. The van der Waals surface area contributed by atoms with E-state index in [4.69, 9.17) is 4.74 Å². The molecule has 0 radical (unpaired) electrons. The molecular weight excluding hydrogens is 248 g/mol. The molecule has 1 heterocycles. The van der Waals surface area contributed by atoms with Gasteiger partial charge in [0.25, 0.3) is 0 Å². The average molecular weight is 282 g/mol. The Morgan fingerprint density at radius 1 is 1.20 bits per heavy atom. The van der Waals surface area contributed by atoms with Gasteiger partial charge < -0.3 is 10.1 Å². The van der Waals surface area contributed by atoms with Gasteiger partial charge in [-0.05, 0) is 40.0 Å². The maximum Gasteiger partial charge on any atom is 0.0752 e. The number of ether oxygens (including phenoxy) is 1. The van der Waals surface area contributed by atoms with Gasteiger partial charge >= 0.3 is 0 Å². The molecule has 0 aromatic carbocycles. The van der Waals surface area contributed by atoms with Gasteiger partial charge in [-0.3, -0.25) is 4.90 Å². The highest BCUT2D eigenvalue weighted by Crippen LogP contribution is 2.33. The van der Waals surface area contributed by atoms with Gasteiger partial charge in [0.05, 0.1) is 5.60 Å². The van der Waals surface area contributed by atoms with Crippen LogP contribution in [0.15, 0.2) is 0 Å². The topological polar surface area (TPSA) is 24.5 Å². The second-order valence-electron chi connectivity index (χ2n) is 7.38. The van der Waals surface area contributed by atoms with Crippen LogP contribution in [0.25, 0.3) is 0 Å². The van der Waals surface area contributed by atoms with Crippen LogP contribution in [0, 0.1) is 0 Å². The fourth-order valence-corrected chi connectivity index (χ4v) is 4.11. The summed E-state index contributed by atoms with van der Waals surface area (Å²) >= 11 is 0. The van der Waals surface area contributed by atoms with Crippen LogP contribution in [0.4, 0.5) is 0 Å². The van der Waals surface area contributed by atoms with E-state index in [0.29, 0.717) is 11.6 Å². The first kappa shape index (κ1) is 16.3.